The molecule has 0 N–H and O–H groups in total. The van der Waals surface area contributed by atoms with Gasteiger partial charge in [0.25, 0.3) is 0 Å². The highest BCUT2D eigenvalue weighted by molar-refractivity contribution is 5.77. The number of aromatic nitrogens is 1. The number of carbonyl (C=O) groups excluding carboxylic acids is 1. The van der Waals surface area contributed by atoms with E-state index in [4.69, 9.17) is 4.74 Å². The molecule has 1 amide bonds. The van der Waals surface area contributed by atoms with Gasteiger partial charge in [0.1, 0.15) is 0 Å². The van der Waals surface area contributed by atoms with Crippen molar-refractivity contribution >= 4 is 5.91 Å². The average molecular weight is 298 g/mol. The summed E-state index contributed by atoms with van der Waals surface area (Å²) in [7, 11) is 3.43. The lowest BCUT2D eigenvalue weighted by molar-refractivity contribution is -0.133. The number of benzene rings is 1. The van der Waals surface area contributed by atoms with Crippen LogP contribution in [0.5, 0.6) is 0 Å². The van der Waals surface area contributed by atoms with Crippen LogP contribution in [0.1, 0.15) is 30.6 Å². The zero-order valence-corrected chi connectivity index (χ0v) is 13.3. The number of rotatable bonds is 6. The molecular weight excluding hydrogens is 276 g/mol. The predicted octanol–water partition coefficient (Wildman–Crippen LogP) is 3.05. The fraction of sp³-hybridized carbons (Fsp3) is 0.333. The molecule has 22 heavy (non-hydrogen) atoms. The average Bonchev–Trinajstić information content (AvgIpc) is 2.56. The quantitative estimate of drug-likeness (QED) is 0.823. The molecule has 0 saturated carbocycles. The van der Waals surface area contributed by atoms with E-state index in [0.29, 0.717) is 6.42 Å². The fourth-order valence-corrected chi connectivity index (χ4v) is 2.38. The van der Waals surface area contributed by atoms with Gasteiger partial charge in [-0.15, -0.1) is 0 Å². The number of methoxy groups -OCH3 is 1. The van der Waals surface area contributed by atoms with Crippen LogP contribution >= 0.6 is 0 Å². The van der Waals surface area contributed by atoms with Crippen LogP contribution in [0, 0.1) is 0 Å². The second kappa shape index (κ2) is 7.71. The van der Waals surface area contributed by atoms with Crippen molar-refractivity contribution < 1.29 is 9.53 Å². The van der Waals surface area contributed by atoms with Gasteiger partial charge >= 0.3 is 0 Å². The minimum absolute atomic E-state index is 0.0360. The van der Waals surface area contributed by atoms with Gasteiger partial charge in [-0.25, -0.2) is 0 Å². The fourth-order valence-electron chi connectivity index (χ4n) is 2.38. The van der Waals surface area contributed by atoms with E-state index in [1.165, 1.54) is 0 Å². The van der Waals surface area contributed by atoms with Crippen molar-refractivity contribution in [3.8, 4) is 0 Å². The zero-order chi connectivity index (χ0) is 15.9. The number of pyridine rings is 1. The Labute approximate surface area is 131 Å². The van der Waals surface area contributed by atoms with Gasteiger partial charge in [-0.3, -0.25) is 9.78 Å². The normalized spacial score (nSPS) is 13.4. The Morgan fingerprint density at radius 2 is 1.86 bits per heavy atom. The van der Waals surface area contributed by atoms with Crippen molar-refractivity contribution in [3.05, 3.63) is 66.0 Å². The summed E-state index contributed by atoms with van der Waals surface area (Å²) < 4.78 is 5.20. The third kappa shape index (κ3) is 3.92. The molecule has 4 heteroatoms. The second-order valence-corrected chi connectivity index (χ2v) is 5.32. The smallest absolute Gasteiger partial charge is 0.225 e. The Balaban J connectivity index is 2.31. The first kappa shape index (κ1) is 16.2. The van der Waals surface area contributed by atoms with Crippen LogP contribution in [-0.2, 0) is 9.53 Å². The first-order valence-electron chi connectivity index (χ1n) is 7.37. The first-order valence-corrected chi connectivity index (χ1v) is 7.37. The van der Waals surface area contributed by atoms with Crippen molar-refractivity contribution in [3.63, 3.8) is 0 Å². The lowest BCUT2D eigenvalue weighted by atomic mass is 10.0. The highest BCUT2D eigenvalue weighted by atomic mass is 16.5. The van der Waals surface area contributed by atoms with E-state index in [9.17, 15) is 4.79 Å². The molecule has 0 saturated heterocycles. The van der Waals surface area contributed by atoms with Crippen molar-refractivity contribution in [1.29, 1.82) is 0 Å². The zero-order valence-electron chi connectivity index (χ0n) is 13.3. The molecule has 4 nitrogen and oxygen atoms in total. The highest BCUT2D eigenvalue weighted by Gasteiger charge is 2.25. The summed E-state index contributed by atoms with van der Waals surface area (Å²) in [4.78, 5) is 18.7. The maximum Gasteiger partial charge on any atom is 0.225 e. The number of ether oxygens (including phenoxy) is 1. The minimum atomic E-state index is -0.195. The standard InChI is InChI=1S/C18H22N2O2/c1-14(22-3)13-17(21)20(2)18(15-9-5-4-6-10-15)16-11-7-8-12-19-16/h4-12,14,18H,13H2,1-3H3. The van der Waals surface area contributed by atoms with Crippen molar-refractivity contribution in [2.45, 2.75) is 25.5 Å². The van der Waals surface area contributed by atoms with E-state index in [0.717, 1.165) is 11.3 Å². The molecule has 0 aliphatic rings. The molecule has 0 aliphatic carbocycles. The molecular formula is C18H22N2O2. The predicted molar refractivity (Wildman–Crippen MR) is 86.4 cm³/mol. The van der Waals surface area contributed by atoms with Crippen LogP contribution in [0.15, 0.2) is 54.7 Å². The van der Waals surface area contributed by atoms with E-state index in [1.807, 2.05) is 62.5 Å². The molecule has 0 spiro atoms. The third-order valence-corrected chi connectivity index (χ3v) is 3.73. The maximum absolute atomic E-state index is 12.5. The lowest BCUT2D eigenvalue weighted by Gasteiger charge is -2.29. The monoisotopic (exact) mass is 298 g/mol. The molecule has 0 fully saturated rings. The third-order valence-electron chi connectivity index (χ3n) is 3.73. The Morgan fingerprint density at radius 3 is 2.45 bits per heavy atom. The van der Waals surface area contributed by atoms with Gasteiger partial charge in [-0.1, -0.05) is 36.4 Å². The van der Waals surface area contributed by atoms with Crippen molar-refractivity contribution in [2.75, 3.05) is 14.2 Å². The molecule has 0 aliphatic heterocycles. The van der Waals surface area contributed by atoms with E-state index in [2.05, 4.69) is 4.98 Å². The lowest BCUT2D eigenvalue weighted by Crippen LogP contribution is -2.34. The summed E-state index contributed by atoms with van der Waals surface area (Å²) >= 11 is 0. The second-order valence-electron chi connectivity index (χ2n) is 5.32. The van der Waals surface area contributed by atoms with Crippen LogP contribution in [-0.4, -0.2) is 36.1 Å². The van der Waals surface area contributed by atoms with Gasteiger partial charge < -0.3 is 9.64 Å². The maximum atomic E-state index is 12.5. The van der Waals surface area contributed by atoms with Gasteiger partial charge in [0, 0.05) is 20.4 Å². The molecule has 1 heterocycles. The van der Waals surface area contributed by atoms with Gasteiger partial charge in [0.15, 0.2) is 0 Å². The van der Waals surface area contributed by atoms with Crippen LogP contribution in [0.25, 0.3) is 0 Å². The topological polar surface area (TPSA) is 42.4 Å². The van der Waals surface area contributed by atoms with E-state index in [-0.39, 0.29) is 18.1 Å². The van der Waals surface area contributed by atoms with Crippen LogP contribution in [0.3, 0.4) is 0 Å². The highest BCUT2D eigenvalue weighted by Crippen LogP contribution is 2.26. The van der Waals surface area contributed by atoms with Crippen molar-refractivity contribution in [1.82, 2.24) is 9.88 Å². The van der Waals surface area contributed by atoms with E-state index in [1.54, 1.807) is 18.2 Å². The molecule has 0 bridgehead atoms. The number of carbonyl (C=O) groups is 1. The summed E-state index contributed by atoms with van der Waals surface area (Å²) in [5, 5.41) is 0. The Hall–Kier alpha value is -2.20. The van der Waals surface area contributed by atoms with Gasteiger partial charge in [-0.2, -0.15) is 0 Å². The van der Waals surface area contributed by atoms with Crippen LogP contribution in [0.2, 0.25) is 0 Å². The summed E-state index contributed by atoms with van der Waals surface area (Å²) in [6.45, 7) is 1.89. The number of nitrogens with zero attached hydrogens (tertiary/aromatic N) is 2. The molecule has 0 radical (unpaired) electrons. The molecule has 116 valence electrons. The van der Waals surface area contributed by atoms with Crippen LogP contribution in [0.4, 0.5) is 0 Å². The summed E-state index contributed by atoms with van der Waals surface area (Å²) in [5.74, 6) is 0.0360. The molecule has 2 rings (SSSR count). The minimum Gasteiger partial charge on any atom is -0.381 e. The number of hydrogen-bond donors (Lipinski definition) is 0. The Morgan fingerprint density at radius 1 is 1.18 bits per heavy atom. The molecule has 2 unspecified atom stereocenters. The van der Waals surface area contributed by atoms with Gasteiger partial charge in [-0.05, 0) is 24.6 Å². The summed E-state index contributed by atoms with van der Waals surface area (Å²) in [5.41, 5.74) is 1.90. The Bertz CT molecular complexity index is 547. The van der Waals surface area contributed by atoms with Gasteiger partial charge in [0.05, 0.1) is 24.3 Å². The molecule has 1 aromatic heterocycles. The Kier molecular flexibility index (Phi) is 5.67. The number of hydrogen-bond acceptors (Lipinski definition) is 3. The SMILES string of the molecule is COC(C)CC(=O)N(C)C(c1ccccc1)c1ccccn1. The van der Waals surface area contributed by atoms with E-state index < -0.39 is 0 Å². The first-order chi connectivity index (χ1) is 10.6. The van der Waals surface area contributed by atoms with Crippen molar-refractivity contribution in [2.24, 2.45) is 0 Å². The van der Waals surface area contributed by atoms with E-state index >= 15 is 0 Å². The molecule has 2 atom stereocenters. The number of amides is 1. The molecule has 1 aromatic carbocycles. The van der Waals surface area contributed by atoms with Crippen LogP contribution < -0.4 is 0 Å². The summed E-state index contributed by atoms with van der Waals surface area (Å²) in [6, 6.07) is 15.5. The molecule has 2 aromatic rings. The largest absolute Gasteiger partial charge is 0.381 e. The summed E-state index contributed by atoms with van der Waals surface area (Å²) in [6.07, 6.45) is 2.00. The van der Waals surface area contributed by atoms with Gasteiger partial charge in [0.2, 0.25) is 5.91 Å².